The van der Waals surface area contributed by atoms with E-state index >= 15 is 0 Å². The number of hydrogen-bond donors (Lipinski definition) is 2. The fraction of sp³-hybridized carbons (Fsp3) is 0.412. The van der Waals surface area contributed by atoms with Crippen LogP contribution in [0, 0.1) is 5.41 Å². The third-order valence-electron chi connectivity index (χ3n) is 4.49. The molecule has 1 aromatic heterocycles. The molecule has 1 aliphatic rings. The number of benzene rings is 1. The minimum absolute atomic E-state index is 0.0161. The highest BCUT2D eigenvalue weighted by Gasteiger charge is 2.45. The van der Waals surface area contributed by atoms with Crippen LogP contribution in [0.3, 0.4) is 0 Å². The van der Waals surface area contributed by atoms with E-state index < -0.39 is 11.4 Å². The van der Waals surface area contributed by atoms with Crippen LogP contribution in [0.2, 0.25) is 5.02 Å². The van der Waals surface area contributed by atoms with E-state index in [1.165, 1.54) is 0 Å². The Kier molecular flexibility index (Phi) is 5.03. The quantitative estimate of drug-likeness (QED) is 0.783. The van der Waals surface area contributed by atoms with E-state index in [-0.39, 0.29) is 12.3 Å². The zero-order chi connectivity index (χ0) is 17.9. The summed E-state index contributed by atoms with van der Waals surface area (Å²) in [5.41, 5.74) is -0.0899. The number of amides is 1. The number of hydrogen-bond acceptors (Lipinski definition) is 5. The summed E-state index contributed by atoms with van der Waals surface area (Å²) in [5.74, 6) is -0.294. The van der Waals surface area contributed by atoms with Crippen molar-refractivity contribution in [1.82, 2.24) is 15.5 Å². The first-order valence-corrected chi connectivity index (χ1v) is 8.45. The first-order chi connectivity index (χ1) is 12.0. The van der Waals surface area contributed by atoms with Crippen molar-refractivity contribution < 1.29 is 19.2 Å². The summed E-state index contributed by atoms with van der Waals surface area (Å²) in [4.78, 5) is 27.5. The van der Waals surface area contributed by atoms with Crippen LogP contribution in [0.25, 0.3) is 11.4 Å². The number of nitrogens with one attached hydrogen (secondary N) is 1. The lowest BCUT2D eigenvalue weighted by Crippen LogP contribution is -2.42. The summed E-state index contributed by atoms with van der Waals surface area (Å²) < 4.78 is 5.16. The van der Waals surface area contributed by atoms with Gasteiger partial charge in [0.15, 0.2) is 0 Å². The van der Waals surface area contributed by atoms with Crippen molar-refractivity contribution in [1.29, 1.82) is 0 Å². The molecule has 1 saturated carbocycles. The number of carbonyl (C=O) groups is 2. The van der Waals surface area contributed by atoms with E-state index in [0.717, 1.165) is 12.0 Å². The third kappa shape index (κ3) is 3.99. The van der Waals surface area contributed by atoms with Crippen LogP contribution in [0.5, 0.6) is 0 Å². The van der Waals surface area contributed by atoms with Crippen molar-refractivity contribution >= 4 is 23.5 Å². The van der Waals surface area contributed by atoms with Gasteiger partial charge in [0.25, 0.3) is 0 Å². The molecule has 1 fully saturated rings. The van der Waals surface area contributed by atoms with Crippen LogP contribution in [-0.4, -0.2) is 33.7 Å². The van der Waals surface area contributed by atoms with Crippen LogP contribution in [0.15, 0.2) is 28.8 Å². The van der Waals surface area contributed by atoms with Crippen molar-refractivity contribution in [3.05, 3.63) is 35.2 Å². The Hall–Kier alpha value is -2.41. The highest BCUT2D eigenvalue weighted by atomic mass is 35.5. The number of aromatic nitrogens is 2. The number of carboxylic acids is 1. The fourth-order valence-corrected chi connectivity index (χ4v) is 2.95. The summed E-state index contributed by atoms with van der Waals surface area (Å²) in [6, 6.07) is 7.07. The Bertz CT molecular complexity index is 768. The zero-order valence-electron chi connectivity index (χ0n) is 13.5. The first-order valence-electron chi connectivity index (χ1n) is 8.07. The van der Waals surface area contributed by atoms with Crippen LogP contribution in [-0.2, 0) is 16.0 Å². The second kappa shape index (κ2) is 7.23. The van der Waals surface area contributed by atoms with E-state index in [9.17, 15) is 14.7 Å². The number of halogens is 1. The van der Waals surface area contributed by atoms with Gasteiger partial charge < -0.3 is 14.9 Å². The highest BCUT2D eigenvalue weighted by molar-refractivity contribution is 6.30. The molecule has 25 heavy (non-hydrogen) atoms. The maximum atomic E-state index is 12.0. The Morgan fingerprint density at radius 2 is 2.00 bits per heavy atom. The molecule has 8 heteroatoms. The molecule has 0 saturated heterocycles. The van der Waals surface area contributed by atoms with E-state index in [1.807, 2.05) is 0 Å². The molecule has 2 aromatic rings. The molecular formula is C17H18ClN3O4. The predicted octanol–water partition coefficient (Wildman–Crippen LogP) is 2.69. The van der Waals surface area contributed by atoms with Crippen LogP contribution in [0.1, 0.15) is 31.6 Å². The normalized spacial score (nSPS) is 15.4. The molecule has 0 unspecified atom stereocenters. The minimum atomic E-state index is -0.890. The second-order valence-corrected chi connectivity index (χ2v) is 6.67. The predicted molar refractivity (Wildman–Crippen MR) is 90.0 cm³/mol. The molecule has 0 atom stereocenters. The van der Waals surface area contributed by atoms with E-state index in [2.05, 4.69) is 15.5 Å². The Morgan fingerprint density at radius 3 is 2.60 bits per heavy atom. The molecule has 0 bridgehead atoms. The molecule has 1 aromatic carbocycles. The molecule has 0 radical (unpaired) electrons. The Balaban J connectivity index is 1.48. The third-order valence-corrected chi connectivity index (χ3v) is 4.75. The van der Waals surface area contributed by atoms with Gasteiger partial charge in [0.05, 0.1) is 5.41 Å². The van der Waals surface area contributed by atoms with E-state index in [0.29, 0.717) is 42.5 Å². The molecular weight excluding hydrogens is 346 g/mol. The van der Waals surface area contributed by atoms with Gasteiger partial charge in [-0.2, -0.15) is 4.98 Å². The number of rotatable bonds is 7. The number of nitrogens with zero attached hydrogens (tertiary/aromatic N) is 2. The molecule has 7 nitrogen and oxygen atoms in total. The topological polar surface area (TPSA) is 105 Å². The second-order valence-electron chi connectivity index (χ2n) is 6.23. The van der Waals surface area contributed by atoms with Gasteiger partial charge in [-0.1, -0.05) is 23.2 Å². The molecule has 0 spiro atoms. The van der Waals surface area contributed by atoms with Gasteiger partial charge in [-0.15, -0.1) is 0 Å². The molecule has 1 aliphatic carbocycles. The van der Waals surface area contributed by atoms with Gasteiger partial charge in [-0.3, -0.25) is 9.59 Å². The molecule has 3 rings (SSSR count). The summed E-state index contributed by atoms with van der Waals surface area (Å²) in [7, 11) is 0. The number of carbonyl (C=O) groups excluding carboxylic acids is 1. The highest BCUT2D eigenvalue weighted by Crippen LogP contribution is 2.44. The Morgan fingerprint density at radius 1 is 1.28 bits per heavy atom. The van der Waals surface area contributed by atoms with E-state index in [1.54, 1.807) is 24.3 Å². The summed E-state index contributed by atoms with van der Waals surface area (Å²) in [6.45, 7) is 0.316. The maximum absolute atomic E-state index is 12.0. The average Bonchev–Trinajstić information content (AvgIpc) is 3.00. The van der Waals surface area contributed by atoms with Crippen molar-refractivity contribution in [2.24, 2.45) is 5.41 Å². The monoisotopic (exact) mass is 363 g/mol. The lowest BCUT2D eigenvalue weighted by molar-refractivity contribution is -0.157. The molecule has 2 N–H and O–H groups in total. The Labute approximate surface area is 149 Å². The molecule has 132 valence electrons. The minimum Gasteiger partial charge on any atom is -0.481 e. The van der Waals surface area contributed by atoms with Crippen molar-refractivity contribution in [3.8, 4) is 11.4 Å². The maximum Gasteiger partial charge on any atom is 0.310 e. The van der Waals surface area contributed by atoms with E-state index in [4.69, 9.17) is 16.1 Å². The van der Waals surface area contributed by atoms with Crippen molar-refractivity contribution in [2.75, 3.05) is 6.54 Å². The average molecular weight is 364 g/mol. The van der Waals surface area contributed by atoms with Gasteiger partial charge >= 0.3 is 5.97 Å². The van der Waals surface area contributed by atoms with Crippen LogP contribution < -0.4 is 5.32 Å². The fourth-order valence-electron chi connectivity index (χ4n) is 2.82. The molecule has 1 amide bonds. The van der Waals surface area contributed by atoms with Gasteiger partial charge in [-0.25, -0.2) is 0 Å². The van der Waals surface area contributed by atoms with Gasteiger partial charge in [-0.05, 0) is 37.1 Å². The standard InChI is InChI=1S/C17H18ClN3O4/c18-12-4-2-11(3-5-12)15-20-14(25-21-15)6-9-19-13(22)10-17(16(23)24)7-1-8-17/h2-5H,1,6-10H2,(H,19,22)(H,23,24). The lowest BCUT2D eigenvalue weighted by Gasteiger charge is -2.36. The van der Waals surface area contributed by atoms with Crippen LogP contribution >= 0.6 is 11.6 Å². The molecule has 1 heterocycles. The van der Waals surface area contributed by atoms with Crippen LogP contribution in [0.4, 0.5) is 0 Å². The van der Waals surface area contributed by atoms with Gasteiger partial charge in [0.1, 0.15) is 0 Å². The summed E-state index contributed by atoms with van der Waals surface area (Å²) in [6.07, 6.45) is 2.37. The molecule has 0 aliphatic heterocycles. The van der Waals surface area contributed by atoms with Crippen molar-refractivity contribution in [2.45, 2.75) is 32.1 Å². The number of aliphatic carboxylic acids is 1. The first kappa shape index (κ1) is 17.4. The lowest BCUT2D eigenvalue weighted by atomic mass is 9.66. The SMILES string of the molecule is O=C(CC1(C(=O)O)CCC1)NCCc1nc(-c2ccc(Cl)cc2)no1. The zero-order valence-corrected chi connectivity index (χ0v) is 14.3. The smallest absolute Gasteiger partial charge is 0.310 e. The summed E-state index contributed by atoms with van der Waals surface area (Å²) in [5, 5.41) is 16.5. The van der Waals surface area contributed by atoms with Gasteiger partial charge in [0.2, 0.25) is 17.6 Å². The number of carboxylic acid groups (broad SMARTS) is 1. The van der Waals surface area contributed by atoms with Crippen molar-refractivity contribution in [3.63, 3.8) is 0 Å². The summed E-state index contributed by atoms with van der Waals surface area (Å²) >= 11 is 5.84. The van der Waals surface area contributed by atoms with Gasteiger partial charge in [0, 0.05) is 30.0 Å². The largest absolute Gasteiger partial charge is 0.481 e.